The average molecular weight is 489 g/mol. The van der Waals surface area contributed by atoms with Gasteiger partial charge in [0.2, 0.25) is 0 Å². The molecule has 6 nitrogen and oxygen atoms in total. The molecule has 1 aliphatic heterocycles. The van der Waals surface area contributed by atoms with E-state index in [1.165, 1.54) is 5.56 Å². The number of carbonyl (C=O) groups is 2. The first-order valence-corrected chi connectivity index (χ1v) is 12.7. The molecule has 1 aliphatic carbocycles. The molecule has 1 aromatic heterocycles. The van der Waals surface area contributed by atoms with Gasteiger partial charge in [-0.15, -0.1) is 0 Å². The van der Waals surface area contributed by atoms with Crippen LogP contribution in [0.1, 0.15) is 31.8 Å². The van der Waals surface area contributed by atoms with E-state index >= 15 is 0 Å². The molecule has 0 radical (unpaired) electrons. The van der Waals surface area contributed by atoms with Gasteiger partial charge in [-0.3, -0.25) is 19.5 Å². The zero-order valence-corrected chi connectivity index (χ0v) is 20.6. The molecule has 1 fully saturated rings. The highest BCUT2D eigenvalue weighted by Gasteiger charge is 2.27. The summed E-state index contributed by atoms with van der Waals surface area (Å²) in [6.45, 7) is 4.77. The van der Waals surface area contributed by atoms with Gasteiger partial charge in [-0.1, -0.05) is 42.5 Å². The predicted octanol–water partition coefficient (Wildman–Crippen LogP) is 4.91. The number of nitrogens with one attached hydrogen (secondary N) is 1. The standard InChI is InChI=1S/C31H28N4O2/c36-30-26-6-2-1-5-24(26)25-10-9-23(21-27(25)30)31(37)33-28-7-3-4-8-29(28)35-19-17-34(18-20-35)16-13-22-11-14-32-15-12-22/h1-12,14-15,21H,13,16-20H2,(H,33,37). The van der Waals surface area contributed by atoms with Crippen LogP contribution in [0.5, 0.6) is 0 Å². The van der Waals surface area contributed by atoms with Crippen LogP contribution in [0.4, 0.5) is 11.4 Å². The molecule has 0 spiro atoms. The summed E-state index contributed by atoms with van der Waals surface area (Å²) in [6.07, 6.45) is 4.71. The molecule has 4 aromatic rings. The third-order valence-electron chi connectivity index (χ3n) is 7.32. The molecular formula is C31H28N4O2. The lowest BCUT2D eigenvalue weighted by molar-refractivity contribution is 0.102. The van der Waals surface area contributed by atoms with Crippen molar-refractivity contribution in [3.63, 3.8) is 0 Å². The second-order valence-corrected chi connectivity index (χ2v) is 9.54. The van der Waals surface area contributed by atoms with Crippen molar-refractivity contribution in [2.75, 3.05) is 42.9 Å². The van der Waals surface area contributed by atoms with Crippen LogP contribution in [-0.4, -0.2) is 54.3 Å². The zero-order valence-electron chi connectivity index (χ0n) is 20.6. The fraction of sp³-hybridized carbons (Fsp3) is 0.194. The van der Waals surface area contributed by atoms with Gasteiger partial charge < -0.3 is 10.2 Å². The second kappa shape index (κ2) is 9.99. The Balaban J connectivity index is 1.12. The van der Waals surface area contributed by atoms with Gasteiger partial charge >= 0.3 is 0 Å². The van der Waals surface area contributed by atoms with E-state index in [-0.39, 0.29) is 11.7 Å². The van der Waals surface area contributed by atoms with Crippen LogP contribution in [0.2, 0.25) is 0 Å². The summed E-state index contributed by atoms with van der Waals surface area (Å²) in [5.41, 5.74) is 6.70. The molecule has 6 rings (SSSR count). The van der Waals surface area contributed by atoms with Crippen LogP contribution in [0.3, 0.4) is 0 Å². The number of anilines is 2. The Hall–Kier alpha value is -4.29. The van der Waals surface area contributed by atoms with E-state index in [1.807, 2.05) is 60.9 Å². The number of nitrogens with zero attached hydrogens (tertiary/aromatic N) is 3. The largest absolute Gasteiger partial charge is 0.367 e. The molecule has 3 aromatic carbocycles. The molecule has 0 bridgehead atoms. The number of carbonyl (C=O) groups excluding carboxylic acids is 2. The monoisotopic (exact) mass is 488 g/mol. The Morgan fingerprint density at radius 1 is 0.784 bits per heavy atom. The molecule has 0 atom stereocenters. The van der Waals surface area contributed by atoms with E-state index in [0.29, 0.717) is 16.7 Å². The van der Waals surface area contributed by atoms with Crippen molar-refractivity contribution >= 4 is 23.1 Å². The van der Waals surface area contributed by atoms with Gasteiger partial charge in [-0.25, -0.2) is 0 Å². The lowest BCUT2D eigenvalue weighted by Gasteiger charge is -2.37. The molecule has 184 valence electrons. The van der Waals surface area contributed by atoms with E-state index in [2.05, 4.69) is 38.3 Å². The second-order valence-electron chi connectivity index (χ2n) is 9.54. The van der Waals surface area contributed by atoms with Crippen molar-refractivity contribution in [3.05, 3.63) is 114 Å². The molecule has 1 saturated heterocycles. The fourth-order valence-electron chi connectivity index (χ4n) is 5.27. The van der Waals surface area contributed by atoms with Crippen molar-refractivity contribution in [2.45, 2.75) is 6.42 Å². The van der Waals surface area contributed by atoms with E-state index in [1.54, 1.807) is 12.1 Å². The maximum absolute atomic E-state index is 13.2. The maximum atomic E-state index is 13.2. The molecule has 0 saturated carbocycles. The maximum Gasteiger partial charge on any atom is 0.255 e. The number of hydrogen-bond acceptors (Lipinski definition) is 5. The molecule has 6 heteroatoms. The van der Waals surface area contributed by atoms with Gasteiger partial charge in [-0.05, 0) is 59.5 Å². The Bertz CT molecular complexity index is 1460. The van der Waals surface area contributed by atoms with Crippen LogP contribution >= 0.6 is 0 Å². The molecule has 1 N–H and O–H groups in total. The van der Waals surface area contributed by atoms with E-state index < -0.39 is 0 Å². The van der Waals surface area contributed by atoms with Crippen LogP contribution in [-0.2, 0) is 6.42 Å². The fourth-order valence-corrected chi connectivity index (χ4v) is 5.27. The summed E-state index contributed by atoms with van der Waals surface area (Å²) < 4.78 is 0. The third kappa shape index (κ3) is 4.63. The average Bonchev–Trinajstić information content (AvgIpc) is 3.24. The van der Waals surface area contributed by atoms with Gasteiger partial charge in [0.05, 0.1) is 11.4 Å². The Morgan fingerprint density at radius 2 is 1.49 bits per heavy atom. The number of amides is 1. The first kappa shape index (κ1) is 23.1. The molecule has 2 heterocycles. The lowest BCUT2D eigenvalue weighted by Crippen LogP contribution is -2.47. The van der Waals surface area contributed by atoms with Crippen molar-refractivity contribution in [2.24, 2.45) is 0 Å². The first-order chi connectivity index (χ1) is 18.2. The highest BCUT2D eigenvalue weighted by molar-refractivity contribution is 6.22. The summed E-state index contributed by atoms with van der Waals surface area (Å²) >= 11 is 0. The highest BCUT2D eigenvalue weighted by Crippen LogP contribution is 2.37. The SMILES string of the molecule is O=C(Nc1ccccc1N1CCN(CCc2ccncc2)CC1)c1ccc2c(c1)C(=O)c1ccccc1-2. The zero-order chi connectivity index (χ0) is 25.2. The molecular weight excluding hydrogens is 460 g/mol. The number of fused-ring (bicyclic) bond motifs is 3. The van der Waals surface area contributed by atoms with Crippen LogP contribution in [0, 0.1) is 0 Å². The number of ketones is 1. The Labute approximate surface area is 216 Å². The van der Waals surface area contributed by atoms with Crippen molar-refractivity contribution < 1.29 is 9.59 Å². The van der Waals surface area contributed by atoms with Crippen molar-refractivity contribution in [1.82, 2.24) is 9.88 Å². The number of rotatable bonds is 6. The number of para-hydroxylation sites is 2. The Kier molecular flexibility index (Phi) is 6.25. The minimum Gasteiger partial charge on any atom is -0.367 e. The van der Waals surface area contributed by atoms with Gasteiger partial charge in [0.25, 0.3) is 5.91 Å². The summed E-state index contributed by atoms with van der Waals surface area (Å²) in [5, 5.41) is 3.10. The van der Waals surface area contributed by atoms with E-state index in [0.717, 1.165) is 61.6 Å². The van der Waals surface area contributed by atoms with Crippen molar-refractivity contribution in [3.8, 4) is 11.1 Å². The predicted molar refractivity (Wildman–Crippen MR) is 146 cm³/mol. The van der Waals surface area contributed by atoms with Crippen LogP contribution in [0.15, 0.2) is 91.3 Å². The topological polar surface area (TPSA) is 65.5 Å². The number of aromatic nitrogens is 1. The minimum atomic E-state index is -0.213. The quantitative estimate of drug-likeness (QED) is 0.368. The number of hydrogen-bond donors (Lipinski definition) is 1. The molecule has 0 unspecified atom stereocenters. The van der Waals surface area contributed by atoms with E-state index in [4.69, 9.17) is 0 Å². The molecule has 1 amide bonds. The van der Waals surface area contributed by atoms with Crippen LogP contribution in [0.25, 0.3) is 11.1 Å². The summed E-state index contributed by atoms with van der Waals surface area (Å²) in [7, 11) is 0. The smallest absolute Gasteiger partial charge is 0.255 e. The normalized spacial score (nSPS) is 14.8. The first-order valence-electron chi connectivity index (χ1n) is 12.7. The Morgan fingerprint density at radius 3 is 2.30 bits per heavy atom. The van der Waals surface area contributed by atoms with E-state index in [9.17, 15) is 9.59 Å². The highest BCUT2D eigenvalue weighted by atomic mass is 16.1. The molecule has 37 heavy (non-hydrogen) atoms. The minimum absolute atomic E-state index is 0.0255. The summed E-state index contributed by atoms with van der Waals surface area (Å²) in [6, 6.07) is 25.1. The number of benzene rings is 3. The van der Waals surface area contributed by atoms with Crippen molar-refractivity contribution in [1.29, 1.82) is 0 Å². The third-order valence-corrected chi connectivity index (χ3v) is 7.32. The number of piperazine rings is 1. The number of pyridine rings is 1. The van der Waals surface area contributed by atoms with Gasteiger partial charge in [0.15, 0.2) is 5.78 Å². The molecule has 2 aliphatic rings. The van der Waals surface area contributed by atoms with Gasteiger partial charge in [0.1, 0.15) is 0 Å². The van der Waals surface area contributed by atoms with Gasteiger partial charge in [0, 0.05) is 61.8 Å². The summed E-state index contributed by atoms with van der Waals surface area (Å²) in [5.74, 6) is -0.238. The lowest BCUT2D eigenvalue weighted by atomic mass is 10.0. The van der Waals surface area contributed by atoms with Crippen LogP contribution < -0.4 is 10.2 Å². The summed E-state index contributed by atoms with van der Waals surface area (Å²) in [4.78, 5) is 35.0. The van der Waals surface area contributed by atoms with Gasteiger partial charge in [-0.2, -0.15) is 0 Å².